The Kier molecular flexibility index (Phi) is 6.82. The van der Waals surface area contributed by atoms with E-state index in [0.717, 1.165) is 12.5 Å². The molecule has 0 aromatic heterocycles. The van der Waals surface area contributed by atoms with E-state index in [0.29, 0.717) is 5.56 Å². The molecule has 0 heterocycles. The Bertz CT molecular complexity index is 1080. The van der Waals surface area contributed by atoms with Crippen molar-refractivity contribution in [1.82, 2.24) is 0 Å². The number of carbonyl (C=O) groups is 1. The number of benzene rings is 2. The molecule has 2 rings (SSSR count). The first-order valence-electron chi connectivity index (χ1n) is 8.09. The lowest BCUT2D eigenvalue weighted by atomic mass is 10.1. The molecule has 0 saturated carbocycles. The minimum Gasteiger partial charge on any atom is -0.369 e. The van der Waals surface area contributed by atoms with E-state index < -0.39 is 26.0 Å². The molecule has 0 atom stereocenters. The van der Waals surface area contributed by atoms with Crippen LogP contribution in [0.1, 0.15) is 12.0 Å². The van der Waals surface area contributed by atoms with Gasteiger partial charge in [-0.15, -0.1) is 0 Å². The fourth-order valence-electron chi connectivity index (χ4n) is 2.29. The number of carbonyl (C=O) groups excluding carboxylic acids is 1. The molecule has 12 heteroatoms. The molecule has 0 unspecified atom stereocenters. The van der Waals surface area contributed by atoms with Gasteiger partial charge in [-0.25, -0.2) is 16.8 Å². The first-order valence-corrected chi connectivity index (χ1v) is 11.9. The summed E-state index contributed by atoms with van der Waals surface area (Å²) in [4.78, 5) is 16.7. The van der Waals surface area contributed by atoms with Crippen LogP contribution < -0.4 is 20.0 Å². The maximum atomic E-state index is 11.5. The van der Waals surface area contributed by atoms with Gasteiger partial charge >= 0.3 is 0 Å². The first kappa shape index (κ1) is 22.2. The fourth-order valence-corrected chi connectivity index (χ4v) is 3.38. The molecule has 0 aliphatic carbocycles. The van der Waals surface area contributed by atoms with Crippen molar-refractivity contribution in [2.75, 3.05) is 22.0 Å². The second-order valence-electron chi connectivity index (χ2n) is 6.13. The fraction of sp³-hybridized carbons (Fsp3) is 0.176. The van der Waals surface area contributed by atoms with Gasteiger partial charge in [0.25, 0.3) is 0 Å². The number of amides is 1. The molecule has 2 aromatic carbocycles. The number of nitrogens with one attached hydrogen (secondary N) is 2. The van der Waals surface area contributed by atoms with E-state index in [1.165, 1.54) is 18.2 Å². The minimum atomic E-state index is -3.62. The lowest BCUT2D eigenvalue weighted by Crippen LogP contribution is -2.17. The Labute approximate surface area is 168 Å². The van der Waals surface area contributed by atoms with E-state index in [1.54, 1.807) is 30.3 Å². The molecule has 2 aromatic rings. The summed E-state index contributed by atoms with van der Waals surface area (Å²) < 4.78 is 50.5. The summed E-state index contributed by atoms with van der Waals surface area (Å²) in [7, 11) is -7.25. The highest BCUT2D eigenvalue weighted by molar-refractivity contribution is 7.92. The molecule has 0 aliphatic heterocycles. The summed E-state index contributed by atoms with van der Waals surface area (Å²) in [6.07, 6.45) is 1.70. The maximum Gasteiger partial charge on any atom is 0.229 e. The molecule has 0 fully saturated rings. The van der Waals surface area contributed by atoms with Crippen LogP contribution in [0.5, 0.6) is 5.75 Å². The van der Waals surface area contributed by atoms with E-state index >= 15 is 0 Å². The summed E-state index contributed by atoms with van der Waals surface area (Å²) in [6.45, 7) is 0. The molecule has 0 spiro atoms. The Hall–Kier alpha value is -3.12. The van der Waals surface area contributed by atoms with Gasteiger partial charge in [0, 0.05) is 12.1 Å². The Morgan fingerprint density at radius 2 is 1.48 bits per heavy atom. The summed E-state index contributed by atoms with van der Waals surface area (Å²) in [6, 6.07) is 12.6. The minimum absolute atomic E-state index is 0.0303. The highest BCUT2D eigenvalue weighted by atomic mass is 32.2. The van der Waals surface area contributed by atoms with Crippen LogP contribution in [0, 0.1) is 0 Å². The van der Waals surface area contributed by atoms with E-state index in [9.17, 15) is 21.6 Å². The third kappa shape index (κ3) is 8.19. The van der Waals surface area contributed by atoms with E-state index in [4.69, 9.17) is 10.6 Å². The molecule has 29 heavy (non-hydrogen) atoms. The number of hydrogen-bond donors (Lipinski definition) is 3. The molecular weight excluding hydrogens is 420 g/mol. The van der Waals surface area contributed by atoms with Gasteiger partial charge in [-0.2, -0.15) is 0 Å². The normalized spacial score (nSPS) is 12.3. The molecule has 10 nitrogen and oxygen atoms in total. The molecule has 0 bridgehead atoms. The highest BCUT2D eigenvalue weighted by Crippen LogP contribution is 2.26. The molecule has 0 saturated heterocycles. The van der Waals surface area contributed by atoms with Gasteiger partial charge in [0.05, 0.1) is 36.0 Å². The SMILES string of the molecule is CS(=O)(=O)Nc1cc(NS(C)(=O)=O)cc(O/N=C(\CC(N)=O)c2ccccc2)c1. The summed E-state index contributed by atoms with van der Waals surface area (Å²) in [5.41, 5.74) is 6.22. The van der Waals surface area contributed by atoms with Crippen LogP contribution in [-0.2, 0) is 24.8 Å². The summed E-state index contributed by atoms with van der Waals surface area (Å²) in [5, 5.41) is 3.94. The van der Waals surface area contributed by atoms with Crippen LogP contribution in [0.15, 0.2) is 53.7 Å². The molecule has 0 aliphatic rings. The average molecular weight is 441 g/mol. The number of nitrogens with zero attached hydrogens (tertiary/aromatic N) is 1. The lowest BCUT2D eigenvalue weighted by Gasteiger charge is -2.11. The zero-order chi connectivity index (χ0) is 21.7. The monoisotopic (exact) mass is 440 g/mol. The van der Waals surface area contributed by atoms with Crippen LogP contribution in [0.3, 0.4) is 0 Å². The second-order valence-corrected chi connectivity index (χ2v) is 9.63. The summed E-state index contributed by atoms with van der Waals surface area (Å²) >= 11 is 0. The Morgan fingerprint density at radius 1 is 0.966 bits per heavy atom. The van der Waals surface area contributed by atoms with Crippen molar-refractivity contribution < 1.29 is 26.5 Å². The Balaban J connectivity index is 2.42. The van der Waals surface area contributed by atoms with Crippen LogP contribution in [-0.4, -0.2) is 41.0 Å². The highest BCUT2D eigenvalue weighted by Gasteiger charge is 2.12. The molecule has 0 radical (unpaired) electrons. The number of primary amides is 1. The number of anilines is 2. The van der Waals surface area contributed by atoms with Crippen LogP contribution in [0.25, 0.3) is 0 Å². The van der Waals surface area contributed by atoms with E-state index in [1.807, 2.05) is 0 Å². The zero-order valence-corrected chi connectivity index (χ0v) is 17.2. The summed E-state index contributed by atoms with van der Waals surface area (Å²) in [5.74, 6) is -0.592. The van der Waals surface area contributed by atoms with Crippen LogP contribution >= 0.6 is 0 Å². The van der Waals surface area contributed by atoms with Gasteiger partial charge in [0.2, 0.25) is 26.0 Å². The first-order chi connectivity index (χ1) is 13.4. The molecule has 4 N–H and O–H groups in total. The third-order valence-electron chi connectivity index (χ3n) is 3.22. The zero-order valence-electron chi connectivity index (χ0n) is 15.6. The van der Waals surface area contributed by atoms with Crippen molar-refractivity contribution in [3.05, 3.63) is 54.1 Å². The quantitative estimate of drug-likeness (QED) is 0.391. The van der Waals surface area contributed by atoms with Gasteiger partial charge in [0.15, 0.2) is 5.75 Å². The van der Waals surface area contributed by atoms with Crippen molar-refractivity contribution >= 4 is 43.0 Å². The lowest BCUT2D eigenvalue weighted by molar-refractivity contribution is -0.116. The van der Waals surface area contributed by atoms with Crippen molar-refractivity contribution in [1.29, 1.82) is 0 Å². The molecule has 1 amide bonds. The van der Waals surface area contributed by atoms with E-state index in [2.05, 4.69) is 14.6 Å². The Morgan fingerprint density at radius 3 is 1.93 bits per heavy atom. The van der Waals surface area contributed by atoms with Crippen molar-refractivity contribution in [3.63, 3.8) is 0 Å². The van der Waals surface area contributed by atoms with Crippen molar-refractivity contribution in [2.45, 2.75) is 6.42 Å². The number of nitrogens with two attached hydrogens (primary N) is 1. The third-order valence-corrected chi connectivity index (χ3v) is 4.44. The molecule has 156 valence electrons. The predicted octanol–water partition coefficient (Wildman–Crippen LogP) is 1.09. The maximum absolute atomic E-state index is 11.5. The number of rotatable bonds is 9. The van der Waals surface area contributed by atoms with Crippen molar-refractivity contribution in [2.24, 2.45) is 10.9 Å². The standard InChI is InChI=1S/C17H20N4O6S2/c1-28(23,24)20-13-8-14(21-29(2,25)26)10-15(9-13)27-19-16(11-17(18)22)12-6-4-3-5-7-12/h3-10,20-21H,11H2,1-2H3,(H2,18,22)/b19-16+. The number of hydrogen-bond acceptors (Lipinski definition) is 7. The smallest absolute Gasteiger partial charge is 0.229 e. The van der Waals surface area contributed by atoms with Gasteiger partial charge in [-0.3, -0.25) is 14.2 Å². The largest absolute Gasteiger partial charge is 0.369 e. The van der Waals surface area contributed by atoms with Crippen LogP contribution in [0.2, 0.25) is 0 Å². The van der Waals surface area contributed by atoms with Gasteiger partial charge < -0.3 is 10.6 Å². The number of sulfonamides is 2. The topological polar surface area (TPSA) is 157 Å². The van der Waals surface area contributed by atoms with Crippen molar-refractivity contribution in [3.8, 4) is 5.75 Å². The van der Waals surface area contributed by atoms with Gasteiger partial charge in [0.1, 0.15) is 0 Å². The second kappa shape index (κ2) is 8.92. The number of oxime groups is 1. The predicted molar refractivity (Wildman–Crippen MR) is 111 cm³/mol. The van der Waals surface area contributed by atoms with E-state index in [-0.39, 0.29) is 29.3 Å². The van der Waals surface area contributed by atoms with Gasteiger partial charge in [-0.1, -0.05) is 35.5 Å². The average Bonchev–Trinajstić information content (AvgIpc) is 2.56. The molecular formula is C17H20N4O6S2. The van der Waals surface area contributed by atoms with Crippen LogP contribution in [0.4, 0.5) is 11.4 Å². The van der Waals surface area contributed by atoms with Gasteiger partial charge in [-0.05, 0) is 11.6 Å².